The molecule has 0 saturated carbocycles. The van der Waals surface area contributed by atoms with Gasteiger partial charge < -0.3 is 15.4 Å². The molecule has 23 heavy (non-hydrogen) atoms. The van der Waals surface area contributed by atoms with Crippen LogP contribution in [0.25, 0.3) is 0 Å². The number of benzene rings is 1. The lowest BCUT2D eigenvalue weighted by Gasteiger charge is -2.18. The Labute approximate surface area is 154 Å². The summed E-state index contributed by atoms with van der Waals surface area (Å²) < 4.78 is 31.8. The Bertz CT molecular complexity index is 500. The highest BCUT2D eigenvalue weighted by molar-refractivity contribution is 14.0. The molecule has 1 aromatic carbocycles. The summed E-state index contributed by atoms with van der Waals surface area (Å²) in [6, 6.07) is 3.75. The maximum atomic E-state index is 13.7. The number of halogens is 3. The molecule has 1 rings (SSSR count). The van der Waals surface area contributed by atoms with Crippen molar-refractivity contribution in [1.82, 2.24) is 10.6 Å². The van der Waals surface area contributed by atoms with Gasteiger partial charge in [0.1, 0.15) is 11.6 Å². The van der Waals surface area contributed by atoms with E-state index in [1.807, 2.05) is 20.8 Å². The summed E-state index contributed by atoms with van der Waals surface area (Å²) in [7, 11) is 1.64. The van der Waals surface area contributed by atoms with Crippen molar-refractivity contribution in [2.24, 2.45) is 4.99 Å². The largest absolute Gasteiger partial charge is 0.383 e. The van der Waals surface area contributed by atoms with Gasteiger partial charge in [0.2, 0.25) is 0 Å². The highest BCUT2D eigenvalue weighted by Crippen LogP contribution is 2.20. The number of aliphatic imine (C=N–C) groups is 1. The summed E-state index contributed by atoms with van der Waals surface area (Å²) in [5, 5.41) is 6.34. The zero-order valence-corrected chi connectivity index (χ0v) is 16.4. The Balaban J connectivity index is 0.00000484. The number of rotatable bonds is 7. The van der Waals surface area contributed by atoms with Crippen LogP contribution < -0.4 is 10.6 Å². The van der Waals surface area contributed by atoms with Crippen LogP contribution in [-0.4, -0.2) is 38.8 Å². The summed E-state index contributed by atoms with van der Waals surface area (Å²) in [5.74, 6) is -0.594. The van der Waals surface area contributed by atoms with Gasteiger partial charge in [0.05, 0.1) is 6.61 Å². The topological polar surface area (TPSA) is 45.7 Å². The third-order valence-corrected chi connectivity index (χ3v) is 3.16. The number of methoxy groups -OCH3 is 1. The Morgan fingerprint density at radius 3 is 2.57 bits per heavy atom. The molecule has 132 valence electrons. The first-order valence-corrected chi connectivity index (χ1v) is 7.46. The third-order valence-electron chi connectivity index (χ3n) is 3.16. The Hall–Kier alpha value is -0.960. The van der Waals surface area contributed by atoms with Gasteiger partial charge >= 0.3 is 0 Å². The maximum absolute atomic E-state index is 13.7. The molecule has 0 saturated heterocycles. The number of nitrogens with one attached hydrogen (secondary N) is 2. The van der Waals surface area contributed by atoms with Crippen LogP contribution in [0.1, 0.15) is 32.3 Å². The van der Waals surface area contributed by atoms with Crippen molar-refractivity contribution in [3.63, 3.8) is 0 Å². The van der Waals surface area contributed by atoms with E-state index in [4.69, 9.17) is 4.74 Å². The second-order valence-corrected chi connectivity index (χ2v) is 5.29. The SMILES string of the molecule is CCNC(=NCC(C)c1ccc(F)cc1F)NC(C)COC.I. The van der Waals surface area contributed by atoms with Crippen molar-refractivity contribution < 1.29 is 13.5 Å². The fourth-order valence-corrected chi connectivity index (χ4v) is 2.07. The van der Waals surface area contributed by atoms with Gasteiger partial charge in [-0.15, -0.1) is 24.0 Å². The van der Waals surface area contributed by atoms with Crippen LogP contribution >= 0.6 is 24.0 Å². The van der Waals surface area contributed by atoms with Gasteiger partial charge in [-0.2, -0.15) is 0 Å². The van der Waals surface area contributed by atoms with E-state index < -0.39 is 11.6 Å². The molecule has 0 aliphatic carbocycles. The van der Waals surface area contributed by atoms with E-state index in [1.165, 1.54) is 12.1 Å². The zero-order valence-electron chi connectivity index (χ0n) is 14.0. The second kappa shape index (κ2) is 11.6. The van der Waals surface area contributed by atoms with E-state index in [2.05, 4.69) is 15.6 Å². The maximum Gasteiger partial charge on any atom is 0.191 e. The standard InChI is InChI=1S/C16H25F2N3O.HI/c1-5-19-16(21-12(3)10-22-4)20-9-11(2)14-7-6-13(17)8-15(14)18;/h6-8,11-12H,5,9-10H2,1-4H3,(H2,19,20,21);1H. The molecule has 0 spiro atoms. The molecule has 1 aromatic rings. The van der Waals surface area contributed by atoms with Crippen molar-refractivity contribution in [1.29, 1.82) is 0 Å². The molecular weight excluding hydrogens is 415 g/mol. The Kier molecular flexibility index (Phi) is 11.1. The van der Waals surface area contributed by atoms with Gasteiger partial charge in [-0.25, -0.2) is 8.78 Å². The quantitative estimate of drug-likeness (QED) is 0.388. The van der Waals surface area contributed by atoms with E-state index in [0.717, 1.165) is 12.6 Å². The lowest BCUT2D eigenvalue weighted by atomic mass is 10.0. The van der Waals surface area contributed by atoms with Crippen LogP contribution in [0.15, 0.2) is 23.2 Å². The van der Waals surface area contributed by atoms with Crippen LogP contribution in [0.2, 0.25) is 0 Å². The molecule has 0 bridgehead atoms. The minimum Gasteiger partial charge on any atom is -0.383 e. The average Bonchev–Trinajstić information content (AvgIpc) is 2.45. The first kappa shape index (κ1) is 22.0. The third kappa shape index (κ3) is 7.92. The van der Waals surface area contributed by atoms with E-state index in [0.29, 0.717) is 24.7 Å². The van der Waals surface area contributed by atoms with E-state index >= 15 is 0 Å². The molecular formula is C16H26F2IN3O. The molecule has 0 heterocycles. The second-order valence-electron chi connectivity index (χ2n) is 5.29. The molecule has 7 heteroatoms. The van der Waals surface area contributed by atoms with Crippen LogP contribution in [0.3, 0.4) is 0 Å². The molecule has 0 aromatic heterocycles. The predicted octanol–water partition coefficient (Wildman–Crippen LogP) is 3.28. The molecule has 0 aliphatic rings. The van der Waals surface area contributed by atoms with Crippen LogP contribution in [0.4, 0.5) is 8.78 Å². The Morgan fingerprint density at radius 2 is 2.00 bits per heavy atom. The highest BCUT2D eigenvalue weighted by Gasteiger charge is 2.12. The molecule has 0 fully saturated rings. The fourth-order valence-electron chi connectivity index (χ4n) is 2.07. The lowest BCUT2D eigenvalue weighted by Crippen LogP contribution is -2.44. The molecule has 2 unspecified atom stereocenters. The van der Waals surface area contributed by atoms with Gasteiger partial charge in [0.15, 0.2) is 5.96 Å². The van der Waals surface area contributed by atoms with Gasteiger partial charge in [-0.1, -0.05) is 13.0 Å². The van der Waals surface area contributed by atoms with Gasteiger partial charge in [-0.3, -0.25) is 4.99 Å². The number of hydrogen-bond donors (Lipinski definition) is 2. The number of ether oxygens (including phenoxy) is 1. The molecule has 0 aliphatic heterocycles. The van der Waals surface area contributed by atoms with E-state index in [1.54, 1.807) is 7.11 Å². The molecule has 2 atom stereocenters. The molecule has 4 nitrogen and oxygen atoms in total. The van der Waals surface area contributed by atoms with Gasteiger partial charge in [0.25, 0.3) is 0 Å². The zero-order chi connectivity index (χ0) is 16.5. The summed E-state index contributed by atoms with van der Waals surface area (Å²) >= 11 is 0. The van der Waals surface area contributed by atoms with Crippen molar-refractivity contribution in [3.8, 4) is 0 Å². The van der Waals surface area contributed by atoms with E-state index in [9.17, 15) is 8.78 Å². The number of guanidine groups is 1. The number of hydrogen-bond acceptors (Lipinski definition) is 2. The van der Waals surface area contributed by atoms with Crippen LogP contribution in [0, 0.1) is 11.6 Å². The summed E-state index contributed by atoms with van der Waals surface area (Å²) in [6.45, 7) is 7.51. The number of nitrogens with zero attached hydrogens (tertiary/aromatic N) is 1. The summed E-state index contributed by atoms with van der Waals surface area (Å²) in [4.78, 5) is 4.45. The van der Waals surface area contributed by atoms with Crippen LogP contribution in [0.5, 0.6) is 0 Å². The first-order chi connectivity index (χ1) is 10.5. The minimum atomic E-state index is -0.569. The summed E-state index contributed by atoms with van der Waals surface area (Å²) in [5.41, 5.74) is 0.464. The van der Waals surface area contributed by atoms with Crippen molar-refractivity contribution >= 4 is 29.9 Å². The Morgan fingerprint density at radius 1 is 1.30 bits per heavy atom. The predicted molar refractivity (Wildman–Crippen MR) is 101 cm³/mol. The van der Waals surface area contributed by atoms with E-state index in [-0.39, 0.29) is 35.9 Å². The molecule has 0 radical (unpaired) electrons. The highest BCUT2D eigenvalue weighted by atomic mass is 127. The van der Waals surface area contributed by atoms with Crippen molar-refractivity contribution in [2.45, 2.75) is 32.7 Å². The fraction of sp³-hybridized carbons (Fsp3) is 0.562. The molecule has 2 N–H and O–H groups in total. The smallest absolute Gasteiger partial charge is 0.191 e. The van der Waals surface area contributed by atoms with Crippen molar-refractivity contribution in [3.05, 3.63) is 35.4 Å². The lowest BCUT2D eigenvalue weighted by molar-refractivity contribution is 0.179. The molecule has 0 amide bonds. The monoisotopic (exact) mass is 441 g/mol. The first-order valence-electron chi connectivity index (χ1n) is 7.46. The normalized spacial score (nSPS) is 13.9. The average molecular weight is 441 g/mol. The minimum absolute atomic E-state index is 0. The van der Waals surface area contributed by atoms with Gasteiger partial charge in [0, 0.05) is 38.2 Å². The van der Waals surface area contributed by atoms with Crippen LogP contribution in [-0.2, 0) is 4.74 Å². The van der Waals surface area contributed by atoms with Crippen molar-refractivity contribution in [2.75, 3.05) is 26.8 Å². The van der Waals surface area contributed by atoms with Gasteiger partial charge in [-0.05, 0) is 25.5 Å². The summed E-state index contributed by atoms with van der Waals surface area (Å²) in [6.07, 6.45) is 0.